The van der Waals surface area contributed by atoms with E-state index in [-0.39, 0.29) is 22.7 Å². The minimum atomic E-state index is -0.484. The van der Waals surface area contributed by atoms with Crippen LogP contribution in [-0.4, -0.2) is 46.5 Å². The molecule has 20 heavy (non-hydrogen) atoms. The molecule has 1 heterocycles. The standard InChI is InChI=1S/C12H21ClN6O/c1-7(8(20)18-12(2,3)4)14-10-15-9(13)16-11(17-10)19(5)6/h7H,1-6H3,(H,18,20)(H,14,15,16,17). The minimum Gasteiger partial charge on any atom is -0.350 e. The lowest BCUT2D eigenvalue weighted by atomic mass is 10.1. The van der Waals surface area contributed by atoms with Crippen molar-refractivity contribution in [2.24, 2.45) is 0 Å². The number of halogens is 1. The fourth-order valence-corrected chi connectivity index (χ4v) is 1.50. The third kappa shape index (κ3) is 5.16. The van der Waals surface area contributed by atoms with E-state index in [1.807, 2.05) is 20.8 Å². The third-order valence-electron chi connectivity index (χ3n) is 2.23. The molecule has 0 saturated heterocycles. The number of nitrogens with one attached hydrogen (secondary N) is 2. The number of anilines is 2. The molecular formula is C12H21ClN6O. The highest BCUT2D eigenvalue weighted by atomic mass is 35.5. The average Bonchev–Trinajstić information content (AvgIpc) is 2.25. The number of rotatable bonds is 4. The van der Waals surface area contributed by atoms with E-state index < -0.39 is 6.04 Å². The summed E-state index contributed by atoms with van der Waals surface area (Å²) >= 11 is 5.83. The van der Waals surface area contributed by atoms with Crippen molar-refractivity contribution in [2.45, 2.75) is 39.3 Å². The number of nitrogens with zero attached hydrogens (tertiary/aromatic N) is 4. The van der Waals surface area contributed by atoms with Crippen LogP contribution in [0.4, 0.5) is 11.9 Å². The Hall–Kier alpha value is -1.63. The van der Waals surface area contributed by atoms with E-state index in [2.05, 4.69) is 25.6 Å². The Bertz CT molecular complexity index is 485. The van der Waals surface area contributed by atoms with Gasteiger partial charge in [0.2, 0.25) is 23.1 Å². The summed E-state index contributed by atoms with van der Waals surface area (Å²) in [5, 5.41) is 5.87. The van der Waals surface area contributed by atoms with Crippen molar-refractivity contribution in [3.63, 3.8) is 0 Å². The molecule has 0 aliphatic rings. The first kappa shape index (κ1) is 16.4. The molecule has 8 heteroatoms. The highest BCUT2D eigenvalue weighted by Crippen LogP contribution is 2.12. The molecule has 1 amide bonds. The van der Waals surface area contributed by atoms with Crippen LogP contribution in [0.15, 0.2) is 0 Å². The third-order valence-corrected chi connectivity index (χ3v) is 2.40. The summed E-state index contributed by atoms with van der Waals surface area (Å²) in [5.41, 5.74) is -0.293. The lowest BCUT2D eigenvalue weighted by Crippen LogP contribution is -2.47. The molecule has 7 nitrogen and oxygen atoms in total. The zero-order valence-corrected chi connectivity index (χ0v) is 13.4. The molecule has 0 aliphatic heterocycles. The van der Waals surface area contributed by atoms with Gasteiger partial charge in [-0.3, -0.25) is 4.79 Å². The van der Waals surface area contributed by atoms with Gasteiger partial charge in [-0.05, 0) is 39.3 Å². The Balaban J connectivity index is 2.80. The number of carbonyl (C=O) groups excluding carboxylic acids is 1. The molecular weight excluding hydrogens is 280 g/mol. The van der Waals surface area contributed by atoms with Gasteiger partial charge in [-0.1, -0.05) is 0 Å². The van der Waals surface area contributed by atoms with Gasteiger partial charge in [0, 0.05) is 19.6 Å². The summed E-state index contributed by atoms with van der Waals surface area (Å²) in [6, 6.07) is -0.484. The second kappa shape index (κ2) is 6.21. The maximum absolute atomic E-state index is 12.0. The molecule has 0 bridgehead atoms. The van der Waals surface area contributed by atoms with E-state index in [1.165, 1.54) is 0 Å². The van der Waals surface area contributed by atoms with E-state index in [0.29, 0.717) is 5.95 Å². The minimum absolute atomic E-state index is 0.0784. The normalized spacial score (nSPS) is 12.8. The van der Waals surface area contributed by atoms with Crippen molar-refractivity contribution in [1.82, 2.24) is 20.3 Å². The van der Waals surface area contributed by atoms with Crippen LogP contribution in [0.1, 0.15) is 27.7 Å². The second-order valence-electron chi connectivity index (χ2n) is 5.73. The van der Waals surface area contributed by atoms with Crippen molar-refractivity contribution >= 4 is 29.4 Å². The Morgan fingerprint density at radius 3 is 2.35 bits per heavy atom. The topological polar surface area (TPSA) is 83.0 Å². The van der Waals surface area contributed by atoms with Crippen LogP contribution >= 0.6 is 11.6 Å². The van der Waals surface area contributed by atoms with Crippen LogP contribution in [0.2, 0.25) is 5.28 Å². The predicted octanol–water partition coefficient (Wildman–Crippen LogP) is 1.31. The first-order valence-electron chi connectivity index (χ1n) is 6.26. The summed E-state index contributed by atoms with van der Waals surface area (Å²) in [6.45, 7) is 7.48. The number of amides is 1. The Morgan fingerprint density at radius 1 is 1.25 bits per heavy atom. The van der Waals surface area contributed by atoms with Crippen LogP contribution in [0.5, 0.6) is 0 Å². The largest absolute Gasteiger partial charge is 0.350 e. The van der Waals surface area contributed by atoms with Crippen molar-refractivity contribution in [3.8, 4) is 0 Å². The molecule has 0 fully saturated rings. The molecule has 1 unspecified atom stereocenters. The zero-order valence-electron chi connectivity index (χ0n) is 12.7. The molecule has 112 valence electrons. The van der Waals surface area contributed by atoms with E-state index in [1.54, 1.807) is 25.9 Å². The van der Waals surface area contributed by atoms with E-state index in [4.69, 9.17) is 11.6 Å². The van der Waals surface area contributed by atoms with Crippen molar-refractivity contribution < 1.29 is 4.79 Å². The molecule has 1 aromatic rings. The Kier molecular flexibility index (Phi) is 5.10. The molecule has 2 N–H and O–H groups in total. The molecule has 0 saturated carbocycles. The summed E-state index contributed by atoms with van der Waals surface area (Å²) < 4.78 is 0. The molecule has 1 atom stereocenters. The zero-order chi connectivity index (χ0) is 15.5. The van der Waals surface area contributed by atoms with E-state index in [0.717, 1.165) is 0 Å². The summed E-state index contributed by atoms with van der Waals surface area (Å²) in [6.07, 6.45) is 0. The average molecular weight is 301 g/mol. The smallest absolute Gasteiger partial charge is 0.242 e. The Labute approximate surface area is 124 Å². The quantitative estimate of drug-likeness (QED) is 0.872. The molecule has 0 spiro atoms. The van der Waals surface area contributed by atoms with Gasteiger partial charge in [0.15, 0.2) is 0 Å². The van der Waals surface area contributed by atoms with Crippen LogP contribution in [-0.2, 0) is 4.79 Å². The predicted molar refractivity (Wildman–Crippen MR) is 80.1 cm³/mol. The van der Waals surface area contributed by atoms with Crippen LogP contribution in [0.3, 0.4) is 0 Å². The van der Waals surface area contributed by atoms with Crippen molar-refractivity contribution in [3.05, 3.63) is 5.28 Å². The van der Waals surface area contributed by atoms with Gasteiger partial charge in [0.25, 0.3) is 0 Å². The number of hydrogen-bond donors (Lipinski definition) is 2. The van der Waals surface area contributed by atoms with E-state index in [9.17, 15) is 4.79 Å². The summed E-state index contributed by atoms with van der Waals surface area (Å²) in [5.74, 6) is 0.557. The molecule has 0 radical (unpaired) electrons. The van der Waals surface area contributed by atoms with Crippen molar-refractivity contribution in [2.75, 3.05) is 24.3 Å². The van der Waals surface area contributed by atoms with Gasteiger partial charge < -0.3 is 15.5 Å². The molecule has 0 aliphatic carbocycles. The van der Waals surface area contributed by atoms with Gasteiger partial charge in [-0.2, -0.15) is 15.0 Å². The monoisotopic (exact) mass is 300 g/mol. The van der Waals surface area contributed by atoms with Gasteiger partial charge in [-0.25, -0.2) is 0 Å². The summed E-state index contributed by atoms with van der Waals surface area (Å²) in [4.78, 5) is 25.8. The molecule has 1 rings (SSSR count). The van der Waals surface area contributed by atoms with Crippen LogP contribution < -0.4 is 15.5 Å². The second-order valence-corrected chi connectivity index (χ2v) is 6.07. The first-order chi connectivity index (χ1) is 9.08. The fraction of sp³-hybridized carbons (Fsp3) is 0.667. The van der Waals surface area contributed by atoms with Gasteiger partial charge in [-0.15, -0.1) is 0 Å². The molecule has 0 aromatic carbocycles. The maximum atomic E-state index is 12.0. The van der Waals surface area contributed by atoms with Gasteiger partial charge >= 0.3 is 0 Å². The van der Waals surface area contributed by atoms with Crippen LogP contribution in [0.25, 0.3) is 0 Å². The lowest BCUT2D eigenvalue weighted by molar-refractivity contribution is -0.122. The Morgan fingerprint density at radius 2 is 1.85 bits per heavy atom. The number of aromatic nitrogens is 3. The van der Waals surface area contributed by atoms with Crippen LogP contribution in [0, 0.1) is 0 Å². The maximum Gasteiger partial charge on any atom is 0.242 e. The highest BCUT2D eigenvalue weighted by Gasteiger charge is 2.20. The van der Waals surface area contributed by atoms with E-state index >= 15 is 0 Å². The fourth-order valence-electron chi connectivity index (χ4n) is 1.34. The number of hydrogen-bond acceptors (Lipinski definition) is 6. The molecule has 1 aromatic heterocycles. The SMILES string of the molecule is CC(Nc1nc(Cl)nc(N(C)C)n1)C(=O)NC(C)(C)C. The van der Waals surface area contributed by atoms with Gasteiger partial charge in [0.05, 0.1) is 0 Å². The summed E-state index contributed by atoms with van der Waals surface area (Å²) in [7, 11) is 3.59. The van der Waals surface area contributed by atoms with Gasteiger partial charge in [0.1, 0.15) is 6.04 Å². The highest BCUT2D eigenvalue weighted by molar-refractivity contribution is 6.28. The number of carbonyl (C=O) groups is 1. The lowest BCUT2D eigenvalue weighted by Gasteiger charge is -2.23. The van der Waals surface area contributed by atoms with Crippen molar-refractivity contribution in [1.29, 1.82) is 0 Å². The first-order valence-corrected chi connectivity index (χ1v) is 6.64.